The van der Waals surface area contributed by atoms with Crippen LogP contribution < -0.4 is 16.0 Å². The van der Waals surface area contributed by atoms with Gasteiger partial charge in [0.25, 0.3) is 5.56 Å². The van der Waals surface area contributed by atoms with Crippen molar-refractivity contribution < 1.29 is 9.53 Å². The van der Waals surface area contributed by atoms with Crippen molar-refractivity contribution in [2.75, 3.05) is 20.2 Å². The third kappa shape index (κ3) is 4.36. The van der Waals surface area contributed by atoms with Gasteiger partial charge in [0.1, 0.15) is 5.75 Å². The van der Waals surface area contributed by atoms with E-state index in [1.165, 1.54) is 6.07 Å². The molecule has 1 aromatic heterocycles. The fourth-order valence-electron chi connectivity index (χ4n) is 3.91. The summed E-state index contributed by atoms with van der Waals surface area (Å²) in [6.45, 7) is 5.78. The van der Waals surface area contributed by atoms with Crippen molar-refractivity contribution in [2.45, 2.75) is 33.2 Å². The fourth-order valence-corrected chi connectivity index (χ4v) is 3.91. The highest BCUT2D eigenvalue weighted by atomic mass is 16.5. The average Bonchev–Trinajstić information content (AvgIpc) is 2.60. The Morgan fingerprint density at radius 3 is 2.52 bits per heavy atom. The van der Waals surface area contributed by atoms with Crippen LogP contribution in [-0.4, -0.2) is 40.9 Å². The normalized spacial score (nSPS) is 17.7. The molecule has 1 fully saturated rings. The largest absolute Gasteiger partial charge is 0.496 e. The average molecular weight is 371 g/mol. The Bertz CT molecular complexity index is 909. The number of ether oxygens (including phenoxy) is 1. The number of ketones is 1. The number of piperidine rings is 1. The Balaban J connectivity index is 1.75. The topological polar surface area (TPSA) is 95.3 Å². The molecule has 7 nitrogen and oxygen atoms in total. The molecule has 0 aliphatic carbocycles. The van der Waals surface area contributed by atoms with Crippen LogP contribution in [0.1, 0.15) is 40.0 Å². The van der Waals surface area contributed by atoms with Gasteiger partial charge >= 0.3 is 5.69 Å². The van der Waals surface area contributed by atoms with Crippen LogP contribution in [-0.2, 0) is 6.54 Å². The van der Waals surface area contributed by atoms with Gasteiger partial charge in [0.05, 0.1) is 7.11 Å². The Morgan fingerprint density at radius 2 is 1.89 bits per heavy atom. The lowest BCUT2D eigenvalue weighted by atomic mass is 9.88. The molecule has 27 heavy (non-hydrogen) atoms. The van der Waals surface area contributed by atoms with Crippen LogP contribution >= 0.6 is 0 Å². The third-order valence-electron chi connectivity index (χ3n) is 5.04. The van der Waals surface area contributed by atoms with Gasteiger partial charge in [-0.25, -0.2) is 4.79 Å². The molecule has 1 aliphatic rings. The van der Waals surface area contributed by atoms with Crippen molar-refractivity contribution in [3.05, 3.63) is 61.4 Å². The lowest BCUT2D eigenvalue weighted by Crippen LogP contribution is -2.39. The van der Waals surface area contributed by atoms with Gasteiger partial charge in [-0.3, -0.25) is 19.5 Å². The molecule has 0 saturated carbocycles. The molecule has 2 N–H and O–H groups in total. The Labute approximate surface area is 157 Å². The quantitative estimate of drug-likeness (QED) is 0.781. The third-order valence-corrected chi connectivity index (χ3v) is 5.04. The summed E-state index contributed by atoms with van der Waals surface area (Å²) in [7, 11) is 1.63. The number of benzene rings is 1. The molecule has 0 spiro atoms. The zero-order valence-electron chi connectivity index (χ0n) is 15.9. The van der Waals surface area contributed by atoms with E-state index in [0.717, 1.165) is 36.3 Å². The van der Waals surface area contributed by atoms with Crippen LogP contribution in [0.4, 0.5) is 0 Å². The molecular weight excluding hydrogens is 346 g/mol. The number of aromatic amines is 2. The van der Waals surface area contributed by atoms with E-state index in [4.69, 9.17) is 4.74 Å². The SMILES string of the molecule is COc1c(C)cc(C(=O)[C@H]2CCCN(Cc3cc(=O)[nH]c(=O)[nH]3)C2)cc1C. The molecule has 1 aliphatic heterocycles. The minimum absolute atomic E-state index is 0.0975. The summed E-state index contributed by atoms with van der Waals surface area (Å²) in [6.07, 6.45) is 1.74. The van der Waals surface area contributed by atoms with Gasteiger partial charge in [-0.05, 0) is 56.5 Å². The van der Waals surface area contributed by atoms with E-state index in [9.17, 15) is 14.4 Å². The van der Waals surface area contributed by atoms with E-state index in [2.05, 4.69) is 14.9 Å². The van der Waals surface area contributed by atoms with E-state index in [1.807, 2.05) is 26.0 Å². The van der Waals surface area contributed by atoms with Gasteiger partial charge in [-0.2, -0.15) is 0 Å². The molecule has 0 amide bonds. The number of H-pyrrole nitrogens is 2. The summed E-state index contributed by atoms with van der Waals surface area (Å²) in [5, 5.41) is 0. The van der Waals surface area contributed by atoms with Crippen LogP contribution in [0.2, 0.25) is 0 Å². The van der Waals surface area contributed by atoms with Crippen molar-refractivity contribution in [3.8, 4) is 5.75 Å². The molecular formula is C20H25N3O4. The van der Waals surface area contributed by atoms with Crippen molar-refractivity contribution >= 4 is 5.78 Å². The number of Topliss-reactive ketones (excluding diaryl/α,β-unsaturated/α-hetero) is 1. The van der Waals surface area contributed by atoms with Crippen LogP contribution in [0.15, 0.2) is 27.8 Å². The molecule has 1 aromatic carbocycles. The van der Waals surface area contributed by atoms with E-state index < -0.39 is 11.2 Å². The van der Waals surface area contributed by atoms with Gasteiger partial charge in [0.15, 0.2) is 5.78 Å². The number of nitrogens with zero attached hydrogens (tertiary/aromatic N) is 1. The maximum atomic E-state index is 13.0. The highest BCUT2D eigenvalue weighted by molar-refractivity contribution is 5.98. The molecule has 1 atom stereocenters. The smallest absolute Gasteiger partial charge is 0.325 e. The fraction of sp³-hybridized carbons (Fsp3) is 0.450. The molecule has 3 rings (SSSR count). The lowest BCUT2D eigenvalue weighted by molar-refractivity contribution is 0.0809. The van der Waals surface area contributed by atoms with Crippen LogP contribution in [0, 0.1) is 19.8 Å². The second-order valence-electron chi connectivity index (χ2n) is 7.19. The standard InChI is InChI=1S/C20H25N3O4/c1-12-7-15(8-13(2)19(12)27-3)18(25)14-5-4-6-23(10-14)11-16-9-17(24)22-20(26)21-16/h7-9,14H,4-6,10-11H2,1-3H3,(H2,21,22,24,26)/t14-/m0/s1. The Kier molecular flexibility index (Phi) is 5.60. The summed E-state index contributed by atoms with van der Waals surface area (Å²) >= 11 is 0. The number of likely N-dealkylation sites (tertiary alicyclic amines) is 1. The first-order valence-corrected chi connectivity index (χ1v) is 9.11. The molecule has 2 aromatic rings. The number of aryl methyl sites for hydroxylation is 2. The summed E-state index contributed by atoms with van der Waals surface area (Å²) < 4.78 is 5.38. The predicted octanol–water partition coefficient (Wildman–Crippen LogP) is 1.78. The van der Waals surface area contributed by atoms with Crippen molar-refractivity contribution in [1.29, 1.82) is 0 Å². The lowest BCUT2D eigenvalue weighted by Gasteiger charge is -2.32. The second kappa shape index (κ2) is 7.92. The first kappa shape index (κ1) is 19.1. The highest BCUT2D eigenvalue weighted by Gasteiger charge is 2.27. The van der Waals surface area contributed by atoms with Crippen molar-refractivity contribution in [1.82, 2.24) is 14.9 Å². The summed E-state index contributed by atoms with van der Waals surface area (Å²) in [4.78, 5) is 42.9. The van der Waals surface area contributed by atoms with Crippen molar-refractivity contribution in [2.24, 2.45) is 5.92 Å². The van der Waals surface area contributed by atoms with E-state index in [1.54, 1.807) is 7.11 Å². The first-order valence-electron chi connectivity index (χ1n) is 9.11. The minimum Gasteiger partial charge on any atom is -0.496 e. The molecule has 2 heterocycles. The van der Waals surface area contributed by atoms with Crippen molar-refractivity contribution in [3.63, 3.8) is 0 Å². The highest BCUT2D eigenvalue weighted by Crippen LogP contribution is 2.28. The number of hydrogen-bond acceptors (Lipinski definition) is 5. The number of nitrogens with one attached hydrogen (secondary N) is 2. The number of aromatic nitrogens is 2. The molecule has 1 saturated heterocycles. The van der Waals surface area contributed by atoms with Gasteiger partial charge in [0, 0.05) is 36.3 Å². The van der Waals surface area contributed by atoms with Gasteiger partial charge in [-0.1, -0.05) is 0 Å². The Hall–Kier alpha value is -2.67. The number of hydrogen-bond donors (Lipinski definition) is 2. The van der Waals surface area contributed by atoms with Gasteiger partial charge < -0.3 is 9.72 Å². The zero-order valence-corrected chi connectivity index (χ0v) is 15.9. The maximum absolute atomic E-state index is 13.0. The van der Waals surface area contributed by atoms with Gasteiger partial charge in [-0.15, -0.1) is 0 Å². The number of rotatable bonds is 5. The van der Waals surface area contributed by atoms with Crippen LogP contribution in [0.3, 0.4) is 0 Å². The second-order valence-corrected chi connectivity index (χ2v) is 7.19. The zero-order chi connectivity index (χ0) is 19.6. The number of carbonyl (C=O) groups excluding carboxylic acids is 1. The van der Waals surface area contributed by atoms with Crippen LogP contribution in [0.25, 0.3) is 0 Å². The van der Waals surface area contributed by atoms with Gasteiger partial charge in [0.2, 0.25) is 0 Å². The van der Waals surface area contributed by atoms with E-state index in [-0.39, 0.29) is 11.7 Å². The van der Waals surface area contributed by atoms with E-state index in [0.29, 0.717) is 24.3 Å². The molecule has 0 radical (unpaired) electrons. The summed E-state index contributed by atoms with van der Waals surface area (Å²) in [5.41, 5.74) is 2.26. The summed E-state index contributed by atoms with van der Waals surface area (Å²) in [6, 6.07) is 5.17. The van der Waals surface area contributed by atoms with E-state index >= 15 is 0 Å². The molecule has 0 unspecified atom stereocenters. The first-order chi connectivity index (χ1) is 12.9. The maximum Gasteiger partial charge on any atom is 0.325 e. The molecule has 0 bridgehead atoms. The molecule has 144 valence electrons. The Morgan fingerprint density at radius 1 is 1.19 bits per heavy atom. The number of carbonyl (C=O) groups is 1. The van der Waals surface area contributed by atoms with Crippen LogP contribution in [0.5, 0.6) is 5.75 Å². The number of methoxy groups -OCH3 is 1. The summed E-state index contributed by atoms with van der Waals surface area (Å²) in [5.74, 6) is 0.850. The monoisotopic (exact) mass is 371 g/mol. The predicted molar refractivity (Wildman–Crippen MR) is 102 cm³/mol. The minimum atomic E-state index is -0.508. The molecule has 7 heteroatoms.